The number of nitrogens with one attached hydrogen (secondary N) is 1. The second-order valence-corrected chi connectivity index (χ2v) is 5.05. The molecule has 7 nitrogen and oxygen atoms in total. The first-order chi connectivity index (χ1) is 10.5. The minimum absolute atomic E-state index is 0.337. The number of hydrogen-bond acceptors (Lipinski definition) is 5. The van der Waals surface area contributed by atoms with Gasteiger partial charge in [-0.15, -0.1) is 0 Å². The van der Waals surface area contributed by atoms with Gasteiger partial charge in [0.05, 0.1) is 13.7 Å². The van der Waals surface area contributed by atoms with Crippen LogP contribution in [-0.2, 0) is 14.3 Å². The molecule has 0 aliphatic heterocycles. The molecule has 0 atom stereocenters. The van der Waals surface area contributed by atoms with Crippen molar-refractivity contribution in [3.8, 4) is 11.5 Å². The maximum absolute atomic E-state index is 12.1. The number of carbonyl (C=O) groups excluding carboxylic acids is 1. The zero-order chi connectivity index (χ0) is 16.2. The van der Waals surface area contributed by atoms with E-state index in [4.69, 9.17) is 19.3 Å². The van der Waals surface area contributed by atoms with Crippen LogP contribution in [0.3, 0.4) is 0 Å². The molecule has 2 rings (SSSR count). The molecule has 0 unspecified atom stereocenters. The number of hydrogen-bond donors (Lipinski definition) is 2. The van der Waals surface area contributed by atoms with Gasteiger partial charge < -0.3 is 24.6 Å². The van der Waals surface area contributed by atoms with Crippen molar-refractivity contribution < 1.29 is 28.9 Å². The van der Waals surface area contributed by atoms with Gasteiger partial charge in [0, 0.05) is 18.9 Å². The van der Waals surface area contributed by atoms with Crippen LogP contribution in [0.15, 0.2) is 18.2 Å². The van der Waals surface area contributed by atoms with E-state index in [1.54, 1.807) is 25.3 Å². The number of methoxy groups -OCH3 is 2. The van der Waals surface area contributed by atoms with Crippen molar-refractivity contribution in [2.45, 2.75) is 12.8 Å². The van der Waals surface area contributed by atoms with Crippen molar-refractivity contribution >= 4 is 17.6 Å². The second-order valence-electron chi connectivity index (χ2n) is 5.05. The number of carbonyl (C=O) groups is 2. The first-order valence-electron chi connectivity index (χ1n) is 6.88. The van der Waals surface area contributed by atoms with Crippen molar-refractivity contribution in [1.82, 2.24) is 0 Å². The second kappa shape index (κ2) is 6.65. The van der Waals surface area contributed by atoms with Crippen LogP contribution in [0.25, 0.3) is 0 Å². The Morgan fingerprint density at radius 2 is 1.95 bits per heavy atom. The molecule has 120 valence electrons. The molecule has 1 aliphatic rings. The first kappa shape index (κ1) is 16.1. The molecule has 1 aliphatic carbocycles. The smallest absolute Gasteiger partial charge is 0.319 e. The van der Waals surface area contributed by atoms with E-state index >= 15 is 0 Å². The summed E-state index contributed by atoms with van der Waals surface area (Å²) >= 11 is 0. The number of ether oxygens (including phenoxy) is 3. The Hall–Kier alpha value is -2.28. The van der Waals surface area contributed by atoms with Crippen LogP contribution >= 0.6 is 0 Å². The van der Waals surface area contributed by atoms with E-state index in [0.29, 0.717) is 43.2 Å². The van der Waals surface area contributed by atoms with Crippen LogP contribution in [0, 0.1) is 5.41 Å². The highest BCUT2D eigenvalue weighted by molar-refractivity contribution is 6.10. The van der Waals surface area contributed by atoms with E-state index in [1.165, 1.54) is 7.11 Å². The molecule has 0 heterocycles. The third kappa shape index (κ3) is 3.30. The molecule has 0 aromatic heterocycles. The Labute approximate surface area is 128 Å². The van der Waals surface area contributed by atoms with Gasteiger partial charge in [0.25, 0.3) is 0 Å². The molecule has 1 saturated carbocycles. The minimum atomic E-state index is -1.28. The summed E-state index contributed by atoms with van der Waals surface area (Å²) < 4.78 is 15.6. The quantitative estimate of drug-likeness (QED) is 0.558. The van der Waals surface area contributed by atoms with Gasteiger partial charge in [0.1, 0.15) is 12.0 Å². The maximum atomic E-state index is 12.1. The van der Waals surface area contributed by atoms with Crippen LogP contribution in [-0.4, -0.2) is 44.4 Å². The average molecular weight is 309 g/mol. The predicted octanol–water partition coefficient (Wildman–Crippen LogP) is 1.52. The molecule has 1 aromatic rings. The highest BCUT2D eigenvalue weighted by Crippen LogP contribution is 2.47. The SMILES string of the molecule is COCCOc1cc(NC(=O)C2(C(=O)O)CC2)ccc1OC. The molecule has 1 aromatic carbocycles. The first-order valence-corrected chi connectivity index (χ1v) is 6.88. The van der Waals surface area contributed by atoms with Crippen LogP contribution < -0.4 is 14.8 Å². The summed E-state index contributed by atoms with van der Waals surface area (Å²) in [4.78, 5) is 23.2. The van der Waals surface area contributed by atoms with Crippen molar-refractivity contribution in [1.29, 1.82) is 0 Å². The van der Waals surface area contributed by atoms with Gasteiger partial charge in [-0.05, 0) is 25.0 Å². The van der Waals surface area contributed by atoms with Crippen LogP contribution in [0.1, 0.15) is 12.8 Å². The predicted molar refractivity (Wildman–Crippen MR) is 78.3 cm³/mol. The molecule has 7 heteroatoms. The third-order valence-electron chi connectivity index (χ3n) is 3.56. The van der Waals surface area contributed by atoms with Crippen LogP contribution in [0.2, 0.25) is 0 Å². The van der Waals surface area contributed by atoms with E-state index in [1.807, 2.05) is 0 Å². The molecule has 0 saturated heterocycles. The van der Waals surface area contributed by atoms with Crippen molar-refractivity contribution in [3.05, 3.63) is 18.2 Å². The zero-order valence-electron chi connectivity index (χ0n) is 12.5. The Morgan fingerprint density at radius 3 is 2.50 bits per heavy atom. The Balaban J connectivity index is 2.09. The summed E-state index contributed by atoms with van der Waals surface area (Å²) in [6.07, 6.45) is 0.725. The summed E-state index contributed by atoms with van der Waals surface area (Å²) in [5.41, 5.74) is -0.817. The monoisotopic (exact) mass is 309 g/mol. The fourth-order valence-electron chi connectivity index (χ4n) is 2.02. The van der Waals surface area contributed by atoms with Gasteiger partial charge >= 0.3 is 5.97 Å². The van der Waals surface area contributed by atoms with E-state index in [0.717, 1.165) is 0 Å². The fraction of sp³-hybridized carbons (Fsp3) is 0.467. The molecular weight excluding hydrogens is 290 g/mol. The van der Waals surface area contributed by atoms with Crippen molar-refractivity contribution in [2.75, 3.05) is 32.8 Å². The zero-order valence-corrected chi connectivity index (χ0v) is 12.5. The third-order valence-corrected chi connectivity index (χ3v) is 3.56. The molecule has 0 spiro atoms. The van der Waals surface area contributed by atoms with Crippen LogP contribution in [0.4, 0.5) is 5.69 Å². The molecule has 22 heavy (non-hydrogen) atoms. The van der Waals surface area contributed by atoms with Crippen LogP contribution in [0.5, 0.6) is 11.5 Å². The Morgan fingerprint density at radius 1 is 1.23 bits per heavy atom. The standard InChI is InChI=1S/C15H19NO6/c1-20-7-8-22-12-9-10(3-4-11(12)21-2)16-13(17)15(5-6-15)14(18)19/h3-4,9H,5-8H2,1-2H3,(H,16,17)(H,18,19). The summed E-state index contributed by atoms with van der Waals surface area (Å²) in [6, 6.07) is 4.89. The van der Waals surface area contributed by atoms with E-state index < -0.39 is 17.3 Å². The summed E-state index contributed by atoms with van der Waals surface area (Å²) in [6.45, 7) is 0.755. The summed E-state index contributed by atoms with van der Waals surface area (Å²) in [7, 11) is 3.08. The lowest BCUT2D eigenvalue weighted by Gasteiger charge is -2.14. The molecule has 1 fully saturated rings. The molecule has 0 bridgehead atoms. The van der Waals surface area contributed by atoms with Gasteiger partial charge in [-0.25, -0.2) is 0 Å². The highest BCUT2D eigenvalue weighted by atomic mass is 16.5. The van der Waals surface area contributed by atoms with E-state index in [2.05, 4.69) is 5.32 Å². The number of anilines is 1. The van der Waals surface area contributed by atoms with Gasteiger partial charge in [0.2, 0.25) is 5.91 Å². The van der Waals surface area contributed by atoms with E-state index in [-0.39, 0.29) is 0 Å². The van der Waals surface area contributed by atoms with Gasteiger partial charge in [-0.1, -0.05) is 0 Å². The lowest BCUT2D eigenvalue weighted by molar-refractivity contribution is -0.147. The average Bonchev–Trinajstić information content (AvgIpc) is 3.29. The fourth-order valence-corrected chi connectivity index (χ4v) is 2.02. The Kier molecular flexibility index (Phi) is 4.87. The van der Waals surface area contributed by atoms with Gasteiger partial charge in [0.15, 0.2) is 11.5 Å². The number of benzene rings is 1. The summed E-state index contributed by atoms with van der Waals surface area (Å²) in [5, 5.41) is 11.7. The number of aliphatic carboxylic acids is 1. The Bertz CT molecular complexity index is 567. The molecule has 0 radical (unpaired) electrons. The van der Waals surface area contributed by atoms with Crippen molar-refractivity contribution in [2.24, 2.45) is 5.41 Å². The molecule has 2 N–H and O–H groups in total. The topological polar surface area (TPSA) is 94.1 Å². The largest absolute Gasteiger partial charge is 0.493 e. The lowest BCUT2D eigenvalue weighted by atomic mass is 10.1. The van der Waals surface area contributed by atoms with Gasteiger partial charge in [-0.3, -0.25) is 9.59 Å². The maximum Gasteiger partial charge on any atom is 0.319 e. The normalized spacial score (nSPS) is 15.0. The minimum Gasteiger partial charge on any atom is -0.493 e. The lowest BCUT2D eigenvalue weighted by Crippen LogP contribution is -2.31. The van der Waals surface area contributed by atoms with E-state index in [9.17, 15) is 9.59 Å². The molecular formula is C15H19NO6. The number of carboxylic acids is 1. The summed E-state index contributed by atoms with van der Waals surface area (Å²) in [5.74, 6) is -0.617. The van der Waals surface area contributed by atoms with Gasteiger partial charge in [-0.2, -0.15) is 0 Å². The highest BCUT2D eigenvalue weighted by Gasteiger charge is 2.57. The number of amides is 1. The molecule has 1 amide bonds. The number of carboxylic acid groups (broad SMARTS) is 1. The van der Waals surface area contributed by atoms with Crippen molar-refractivity contribution in [3.63, 3.8) is 0 Å². The number of rotatable bonds is 8.